The van der Waals surface area contributed by atoms with Crippen molar-refractivity contribution in [1.29, 1.82) is 0 Å². The Hall–Kier alpha value is -0.540. The van der Waals surface area contributed by atoms with Crippen LogP contribution in [0, 0.1) is 6.92 Å². The maximum absolute atomic E-state index is 5.91. The number of rotatable bonds is 3. The van der Waals surface area contributed by atoms with E-state index >= 15 is 0 Å². The number of aromatic nitrogens is 2. The van der Waals surface area contributed by atoms with Crippen molar-refractivity contribution in [2.75, 3.05) is 7.05 Å². The zero-order valence-electron chi connectivity index (χ0n) is 8.00. The van der Waals surface area contributed by atoms with Gasteiger partial charge in [-0.1, -0.05) is 11.6 Å². The van der Waals surface area contributed by atoms with Gasteiger partial charge in [0.05, 0.1) is 23.6 Å². The highest BCUT2D eigenvalue weighted by Crippen LogP contribution is 2.26. The summed E-state index contributed by atoms with van der Waals surface area (Å²) in [5.41, 5.74) is 1.05. The zero-order valence-corrected chi connectivity index (χ0v) is 8.75. The van der Waals surface area contributed by atoms with Gasteiger partial charge in [-0.3, -0.25) is 9.58 Å². The molecule has 0 radical (unpaired) electrons. The highest BCUT2D eigenvalue weighted by molar-refractivity contribution is 6.31. The molecule has 0 saturated heterocycles. The number of nitrogens with zero attached hydrogens (tertiary/aromatic N) is 3. The minimum Gasteiger partial charge on any atom is -0.284 e. The zero-order chi connectivity index (χ0) is 9.42. The summed E-state index contributed by atoms with van der Waals surface area (Å²) in [7, 11) is 2.13. The van der Waals surface area contributed by atoms with Gasteiger partial charge in [-0.15, -0.1) is 0 Å². The molecule has 1 aromatic rings. The SMILES string of the molecule is Cc1c(Cl)cnn1CN(C)C1CC1. The van der Waals surface area contributed by atoms with Crippen LogP contribution < -0.4 is 0 Å². The third-order valence-electron chi connectivity index (χ3n) is 2.57. The van der Waals surface area contributed by atoms with Crippen molar-refractivity contribution in [1.82, 2.24) is 14.7 Å². The van der Waals surface area contributed by atoms with Crippen LogP contribution in [-0.2, 0) is 6.67 Å². The first kappa shape index (κ1) is 9.03. The Morgan fingerprint density at radius 2 is 2.38 bits per heavy atom. The number of hydrogen-bond donors (Lipinski definition) is 0. The molecule has 0 aliphatic heterocycles. The van der Waals surface area contributed by atoms with Crippen LogP contribution in [0.2, 0.25) is 5.02 Å². The van der Waals surface area contributed by atoms with E-state index in [4.69, 9.17) is 11.6 Å². The molecular weight excluding hydrogens is 186 g/mol. The molecule has 0 aromatic carbocycles. The van der Waals surface area contributed by atoms with E-state index in [1.807, 2.05) is 11.6 Å². The first-order chi connectivity index (χ1) is 6.18. The largest absolute Gasteiger partial charge is 0.284 e. The van der Waals surface area contributed by atoms with Crippen molar-refractivity contribution in [3.05, 3.63) is 16.9 Å². The van der Waals surface area contributed by atoms with Crippen LogP contribution >= 0.6 is 11.6 Å². The van der Waals surface area contributed by atoms with Crippen molar-refractivity contribution >= 4 is 11.6 Å². The van der Waals surface area contributed by atoms with Crippen molar-refractivity contribution in [2.24, 2.45) is 0 Å². The third kappa shape index (κ3) is 1.86. The average Bonchev–Trinajstić information content (AvgIpc) is 2.89. The Balaban J connectivity index is 2.03. The van der Waals surface area contributed by atoms with Crippen molar-refractivity contribution in [3.63, 3.8) is 0 Å². The fourth-order valence-corrected chi connectivity index (χ4v) is 1.55. The van der Waals surface area contributed by atoms with Gasteiger partial charge >= 0.3 is 0 Å². The fourth-order valence-electron chi connectivity index (χ4n) is 1.41. The quantitative estimate of drug-likeness (QED) is 0.742. The van der Waals surface area contributed by atoms with E-state index in [1.54, 1.807) is 6.20 Å². The lowest BCUT2D eigenvalue weighted by Crippen LogP contribution is -2.25. The van der Waals surface area contributed by atoms with Gasteiger partial charge in [-0.05, 0) is 26.8 Å². The van der Waals surface area contributed by atoms with Gasteiger partial charge in [0.25, 0.3) is 0 Å². The van der Waals surface area contributed by atoms with Gasteiger partial charge in [0.2, 0.25) is 0 Å². The summed E-state index contributed by atoms with van der Waals surface area (Å²) in [6.07, 6.45) is 4.35. The summed E-state index contributed by atoms with van der Waals surface area (Å²) in [5, 5.41) is 4.96. The van der Waals surface area contributed by atoms with Gasteiger partial charge in [0.15, 0.2) is 0 Å². The molecule has 3 nitrogen and oxygen atoms in total. The Kier molecular flexibility index (Phi) is 2.30. The molecule has 72 valence electrons. The molecule has 0 N–H and O–H groups in total. The highest BCUT2D eigenvalue weighted by atomic mass is 35.5. The summed E-state index contributed by atoms with van der Waals surface area (Å²) in [5.74, 6) is 0. The van der Waals surface area contributed by atoms with Crippen LogP contribution in [0.1, 0.15) is 18.5 Å². The second-order valence-electron chi connectivity index (χ2n) is 3.71. The minimum absolute atomic E-state index is 0.754. The second kappa shape index (κ2) is 3.31. The maximum atomic E-state index is 5.91. The molecule has 2 rings (SSSR count). The van der Waals surface area contributed by atoms with Gasteiger partial charge in [-0.25, -0.2) is 0 Å². The van der Waals surface area contributed by atoms with Crippen LogP contribution in [0.25, 0.3) is 0 Å². The van der Waals surface area contributed by atoms with E-state index in [2.05, 4.69) is 17.0 Å². The van der Waals surface area contributed by atoms with Crippen molar-refractivity contribution in [2.45, 2.75) is 32.5 Å². The first-order valence-corrected chi connectivity index (χ1v) is 4.94. The van der Waals surface area contributed by atoms with Crippen LogP contribution in [-0.4, -0.2) is 27.8 Å². The lowest BCUT2D eigenvalue weighted by Gasteiger charge is -2.16. The van der Waals surface area contributed by atoms with E-state index in [-0.39, 0.29) is 0 Å². The molecule has 1 fully saturated rings. The van der Waals surface area contributed by atoms with Gasteiger partial charge in [0, 0.05) is 6.04 Å². The summed E-state index contributed by atoms with van der Waals surface area (Å²) in [4.78, 5) is 2.32. The van der Waals surface area contributed by atoms with Crippen LogP contribution in [0.5, 0.6) is 0 Å². The predicted octanol–water partition coefficient (Wildman–Crippen LogP) is 1.90. The Labute approximate surface area is 83.3 Å². The Morgan fingerprint density at radius 1 is 1.69 bits per heavy atom. The standard InChI is InChI=1S/C9H14ClN3/c1-7-9(10)5-11-13(7)6-12(2)8-3-4-8/h5,8H,3-4,6H2,1-2H3. The number of hydrogen-bond acceptors (Lipinski definition) is 2. The first-order valence-electron chi connectivity index (χ1n) is 4.56. The van der Waals surface area contributed by atoms with E-state index in [0.717, 1.165) is 23.4 Å². The molecule has 1 heterocycles. The molecule has 0 amide bonds. The lowest BCUT2D eigenvalue weighted by atomic mass is 10.5. The van der Waals surface area contributed by atoms with E-state index in [1.165, 1.54) is 12.8 Å². The Morgan fingerprint density at radius 3 is 2.85 bits per heavy atom. The highest BCUT2D eigenvalue weighted by Gasteiger charge is 2.26. The molecule has 1 aliphatic rings. The Bertz CT molecular complexity index is 304. The number of halogens is 1. The third-order valence-corrected chi connectivity index (χ3v) is 2.94. The topological polar surface area (TPSA) is 21.1 Å². The van der Waals surface area contributed by atoms with Gasteiger partial charge in [0.1, 0.15) is 0 Å². The summed E-state index contributed by atoms with van der Waals surface area (Å²) in [6.45, 7) is 2.85. The molecule has 0 atom stereocenters. The van der Waals surface area contributed by atoms with Crippen molar-refractivity contribution in [3.8, 4) is 0 Å². The molecular formula is C9H14ClN3. The summed E-state index contributed by atoms with van der Waals surface area (Å²) < 4.78 is 1.95. The molecule has 1 aliphatic carbocycles. The predicted molar refractivity (Wildman–Crippen MR) is 52.8 cm³/mol. The fraction of sp³-hybridized carbons (Fsp3) is 0.667. The molecule has 0 unspecified atom stereocenters. The van der Waals surface area contributed by atoms with Gasteiger partial charge in [-0.2, -0.15) is 5.10 Å². The summed E-state index contributed by atoms with van der Waals surface area (Å²) >= 11 is 5.91. The van der Waals surface area contributed by atoms with Crippen LogP contribution in [0.4, 0.5) is 0 Å². The normalized spacial score (nSPS) is 16.9. The van der Waals surface area contributed by atoms with E-state index in [9.17, 15) is 0 Å². The van der Waals surface area contributed by atoms with Crippen LogP contribution in [0.3, 0.4) is 0 Å². The molecule has 13 heavy (non-hydrogen) atoms. The van der Waals surface area contributed by atoms with E-state index < -0.39 is 0 Å². The second-order valence-corrected chi connectivity index (χ2v) is 4.11. The van der Waals surface area contributed by atoms with Crippen molar-refractivity contribution < 1.29 is 0 Å². The molecule has 1 aromatic heterocycles. The molecule has 4 heteroatoms. The summed E-state index contributed by atoms with van der Waals surface area (Å²) in [6, 6.07) is 0.766. The smallest absolute Gasteiger partial charge is 0.0932 e. The van der Waals surface area contributed by atoms with Crippen LogP contribution in [0.15, 0.2) is 6.20 Å². The van der Waals surface area contributed by atoms with E-state index in [0.29, 0.717) is 0 Å². The molecule has 1 saturated carbocycles. The average molecular weight is 200 g/mol. The minimum atomic E-state index is 0.754. The lowest BCUT2D eigenvalue weighted by molar-refractivity contribution is 0.242. The molecule has 0 bridgehead atoms. The molecule has 0 spiro atoms. The maximum Gasteiger partial charge on any atom is 0.0932 e. The van der Waals surface area contributed by atoms with Gasteiger partial charge < -0.3 is 0 Å². The monoisotopic (exact) mass is 199 g/mol.